The van der Waals surface area contributed by atoms with Crippen LogP contribution in [0.4, 0.5) is 5.82 Å². The molecule has 0 aromatic carbocycles. The van der Waals surface area contributed by atoms with Crippen LogP contribution in [0.25, 0.3) is 0 Å². The van der Waals surface area contributed by atoms with Crippen LogP contribution in [0.2, 0.25) is 0 Å². The Balaban J connectivity index is 2.17. The van der Waals surface area contributed by atoms with Gasteiger partial charge in [0.15, 0.2) is 0 Å². The molecular weight excluding hydrogens is 182 g/mol. The second-order valence-corrected chi connectivity index (χ2v) is 3.25. The fourth-order valence-corrected chi connectivity index (χ4v) is 1.67. The SMILES string of the molecule is O=C(O)CNc1ncnc2c1CCC2. The molecule has 0 unspecified atom stereocenters. The van der Waals surface area contributed by atoms with Gasteiger partial charge in [-0.25, -0.2) is 9.97 Å². The number of aromatic nitrogens is 2. The van der Waals surface area contributed by atoms with Crippen molar-refractivity contribution in [1.29, 1.82) is 0 Å². The van der Waals surface area contributed by atoms with Crippen LogP contribution >= 0.6 is 0 Å². The number of fused-ring (bicyclic) bond motifs is 1. The van der Waals surface area contributed by atoms with E-state index in [1.54, 1.807) is 0 Å². The summed E-state index contributed by atoms with van der Waals surface area (Å²) in [5.74, 6) is -0.203. The Morgan fingerprint density at radius 1 is 1.50 bits per heavy atom. The van der Waals surface area contributed by atoms with E-state index in [4.69, 9.17) is 5.11 Å². The Morgan fingerprint density at radius 2 is 2.36 bits per heavy atom. The van der Waals surface area contributed by atoms with Crippen molar-refractivity contribution >= 4 is 11.8 Å². The molecule has 2 N–H and O–H groups in total. The van der Waals surface area contributed by atoms with E-state index in [0.29, 0.717) is 5.82 Å². The number of rotatable bonds is 3. The number of aliphatic carboxylic acids is 1. The number of carboxylic acid groups (broad SMARTS) is 1. The highest BCUT2D eigenvalue weighted by Gasteiger charge is 2.16. The number of hydrogen-bond donors (Lipinski definition) is 2. The molecule has 2 rings (SSSR count). The number of hydrogen-bond acceptors (Lipinski definition) is 4. The van der Waals surface area contributed by atoms with Crippen molar-refractivity contribution in [3.05, 3.63) is 17.6 Å². The average molecular weight is 193 g/mol. The zero-order valence-electron chi connectivity index (χ0n) is 7.66. The molecule has 0 saturated heterocycles. The summed E-state index contributed by atoms with van der Waals surface area (Å²) < 4.78 is 0. The number of carboxylic acids is 1. The highest BCUT2D eigenvalue weighted by atomic mass is 16.4. The van der Waals surface area contributed by atoms with Crippen molar-refractivity contribution in [3.63, 3.8) is 0 Å². The van der Waals surface area contributed by atoms with Crippen molar-refractivity contribution in [2.45, 2.75) is 19.3 Å². The van der Waals surface area contributed by atoms with E-state index in [-0.39, 0.29) is 6.54 Å². The summed E-state index contributed by atoms with van der Waals surface area (Å²) in [5, 5.41) is 11.3. The number of carbonyl (C=O) groups is 1. The zero-order valence-corrected chi connectivity index (χ0v) is 7.66. The van der Waals surface area contributed by atoms with Gasteiger partial charge in [-0.1, -0.05) is 0 Å². The summed E-state index contributed by atoms with van der Waals surface area (Å²) in [6, 6.07) is 0. The van der Waals surface area contributed by atoms with Crippen LogP contribution in [0.15, 0.2) is 6.33 Å². The first kappa shape index (κ1) is 8.93. The molecule has 0 aliphatic heterocycles. The largest absolute Gasteiger partial charge is 0.480 e. The molecule has 0 fully saturated rings. The van der Waals surface area contributed by atoms with E-state index in [1.807, 2.05) is 0 Å². The van der Waals surface area contributed by atoms with E-state index >= 15 is 0 Å². The number of nitrogens with one attached hydrogen (secondary N) is 1. The van der Waals surface area contributed by atoms with Gasteiger partial charge in [-0.3, -0.25) is 4.79 Å². The van der Waals surface area contributed by atoms with Gasteiger partial charge in [-0.15, -0.1) is 0 Å². The zero-order chi connectivity index (χ0) is 9.97. The summed E-state index contributed by atoms with van der Waals surface area (Å²) in [5.41, 5.74) is 2.13. The van der Waals surface area contributed by atoms with Gasteiger partial charge in [0, 0.05) is 11.3 Å². The Bertz CT molecular complexity index is 365. The minimum atomic E-state index is -0.879. The predicted molar refractivity (Wildman–Crippen MR) is 50.2 cm³/mol. The summed E-state index contributed by atoms with van der Waals surface area (Å²) in [6.45, 7) is -0.0938. The summed E-state index contributed by atoms with van der Waals surface area (Å²) in [4.78, 5) is 18.6. The fraction of sp³-hybridized carbons (Fsp3) is 0.444. The Labute approximate surface area is 81.2 Å². The first-order valence-corrected chi connectivity index (χ1v) is 4.56. The second kappa shape index (κ2) is 3.61. The topological polar surface area (TPSA) is 75.1 Å². The second-order valence-electron chi connectivity index (χ2n) is 3.25. The lowest BCUT2D eigenvalue weighted by Gasteiger charge is -2.06. The number of aryl methyl sites for hydroxylation is 1. The predicted octanol–water partition coefficient (Wildman–Crippen LogP) is 0.462. The van der Waals surface area contributed by atoms with E-state index in [2.05, 4.69) is 15.3 Å². The first-order chi connectivity index (χ1) is 6.77. The summed E-state index contributed by atoms with van der Waals surface area (Å²) >= 11 is 0. The molecule has 5 nitrogen and oxygen atoms in total. The molecule has 0 saturated carbocycles. The van der Waals surface area contributed by atoms with Crippen LogP contribution in [-0.4, -0.2) is 27.6 Å². The highest BCUT2D eigenvalue weighted by Crippen LogP contribution is 2.24. The van der Waals surface area contributed by atoms with Crippen molar-refractivity contribution < 1.29 is 9.90 Å². The molecule has 0 spiro atoms. The maximum atomic E-state index is 10.4. The van der Waals surface area contributed by atoms with E-state index < -0.39 is 5.97 Å². The van der Waals surface area contributed by atoms with Crippen molar-refractivity contribution in [2.75, 3.05) is 11.9 Å². The molecule has 74 valence electrons. The Morgan fingerprint density at radius 3 is 3.14 bits per heavy atom. The maximum absolute atomic E-state index is 10.4. The molecule has 1 aliphatic rings. The fourth-order valence-electron chi connectivity index (χ4n) is 1.67. The quantitative estimate of drug-likeness (QED) is 0.729. The van der Waals surface area contributed by atoms with E-state index in [9.17, 15) is 4.79 Å². The van der Waals surface area contributed by atoms with Crippen LogP contribution in [0, 0.1) is 0 Å². The molecule has 0 amide bonds. The molecule has 1 heterocycles. The number of nitrogens with zero attached hydrogens (tertiary/aromatic N) is 2. The van der Waals surface area contributed by atoms with E-state index in [0.717, 1.165) is 30.5 Å². The molecule has 5 heteroatoms. The van der Waals surface area contributed by atoms with Crippen molar-refractivity contribution in [3.8, 4) is 0 Å². The molecule has 0 radical (unpaired) electrons. The molecule has 1 aromatic heterocycles. The van der Waals surface area contributed by atoms with Crippen LogP contribution in [-0.2, 0) is 17.6 Å². The lowest BCUT2D eigenvalue weighted by atomic mass is 10.2. The molecule has 14 heavy (non-hydrogen) atoms. The van der Waals surface area contributed by atoms with Crippen LogP contribution < -0.4 is 5.32 Å². The van der Waals surface area contributed by atoms with Gasteiger partial charge < -0.3 is 10.4 Å². The van der Waals surface area contributed by atoms with E-state index in [1.165, 1.54) is 6.33 Å². The van der Waals surface area contributed by atoms with Gasteiger partial charge in [0.1, 0.15) is 18.7 Å². The van der Waals surface area contributed by atoms with Gasteiger partial charge >= 0.3 is 5.97 Å². The van der Waals surface area contributed by atoms with Crippen LogP contribution in [0.5, 0.6) is 0 Å². The third-order valence-electron chi connectivity index (χ3n) is 2.28. The van der Waals surface area contributed by atoms with Crippen LogP contribution in [0.3, 0.4) is 0 Å². The minimum Gasteiger partial charge on any atom is -0.480 e. The lowest BCUT2D eigenvalue weighted by molar-refractivity contribution is -0.134. The molecular formula is C9H11N3O2. The normalized spacial score (nSPS) is 13.7. The molecule has 0 atom stereocenters. The standard InChI is InChI=1S/C9H11N3O2/c13-8(14)4-10-9-6-2-1-3-7(6)11-5-12-9/h5H,1-4H2,(H,13,14)(H,10,11,12). The smallest absolute Gasteiger partial charge is 0.322 e. The Hall–Kier alpha value is -1.65. The Kier molecular flexibility index (Phi) is 2.30. The monoisotopic (exact) mass is 193 g/mol. The van der Waals surface area contributed by atoms with Gasteiger partial charge in [-0.2, -0.15) is 0 Å². The lowest BCUT2D eigenvalue weighted by Crippen LogP contribution is -2.14. The summed E-state index contributed by atoms with van der Waals surface area (Å²) in [6.07, 6.45) is 4.47. The number of anilines is 1. The maximum Gasteiger partial charge on any atom is 0.322 e. The van der Waals surface area contributed by atoms with Crippen LogP contribution in [0.1, 0.15) is 17.7 Å². The van der Waals surface area contributed by atoms with Gasteiger partial charge in [0.25, 0.3) is 0 Å². The van der Waals surface area contributed by atoms with Gasteiger partial charge in [-0.05, 0) is 19.3 Å². The summed E-state index contributed by atoms with van der Waals surface area (Å²) in [7, 11) is 0. The third kappa shape index (κ3) is 1.66. The third-order valence-corrected chi connectivity index (χ3v) is 2.28. The van der Waals surface area contributed by atoms with Gasteiger partial charge in [0.2, 0.25) is 0 Å². The molecule has 0 bridgehead atoms. The average Bonchev–Trinajstić information content (AvgIpc) is 2.62. The van der Waals surface area contributed by atoms with Crippen molar-refractivity contribution in [1.82, 2.24) is 9.97 Å². The highest BCUT2D eigenvalue weighted by molar-refractivity contribution is 5.72. The van der Waals surface area contributed by atoms with Gasteiger partial charge in [0.05, 0.1) is 0 Å². The minimum absolute atomic E-state index is 0.0938. The van der Waals surface area contributed by atoms with Crippen molar-refractivity contribution in [2.24, 2.45) is 0 Å². The molecule has 1 aromatic rings. The first-order valence-electron chi connectivity index (χ1n) is 4.56. The molecule has 1 aliphatic carbocycles.